The van der Waals surface area contributed by atoms with Crippen LogP contribution in [0, 0.1) is 22.7 Å². The maximum atomic E-state index is 9.26. The molecule has 0 radical (unpaired) electrons. The summed E-state index contributed by atoms with van der Waals surface area (Å²) in [5.74, 6) is 0.357. The molecule has 0 aliphatic heterocycles. The highest BCUT2D eigenvalue weighted by atomic mass is 35.5. The molecule has 0 aliphatic carbocycles. The van der Waals surface area contributed by atoms with Gasteiger partial charge in [0.1, 0.15) is 5.75 Å². The van der Waals surface area contributed by atoms with Crippen molar-refractivity contribution in [3.63, 3.8) is 0 Å². The van der Waals surface area contributed by atoms with Crippen LogP contribution < -0.4 is 4.74 Å². The lowest BCUT2D eigenvalue weighted by atomic mass is 9.97. The zero-order valence-corrected chi connectivity index (χ0v) is 12.0. The zero-order chi connectivity index (χ0) is 15.1. The van der Waals surface area contributed by atoms with Gasteiger partial charge in [-0.05, 0) is 29.8 Å². The minimum Gasteiger partial charge on any atom is -0.492 e. The third-order valence-electron chi connectivity index (χ3n) is 3.10. The average Bonchev–Trinajstić information content (AvgIpc) is 2.53. The van der Waals surface area contributed by atoms with Gasteiger partial charge in [0.25, 0.3) is 0 Å². The fourth-order valence-corrected chi connectivity index (χ4v) is 2.13. The quantitative estimate of drug-likeness (QED) is 0.827. The normalized spacial score (nSPS) is 11.2. The van der Waals surface area contributed by atoms with Gasteiger partial charge < -0.3 is 4.74 Å². The molecule has 0 spiro atoms. The Morgan fingerprint density at radius 1 is 1.05 bits per heavy atom. The van der Waals surface area contributed by atoms with Gasteiger partial charge in [-0.15, -0.1) is 0 Å². The molecule has 1 unspecified atom stereocenters. The highest BCUT2D eigenvalue weighted by Gasteiger charge is 2.11. The Labute approximate surface area is 129 Å². The molecule has 0 saturated carbocycles. The van der Waals surface area contributed by atoms with Crippen LogP contribution >= 0.6 is 11.6 Å². The number of nitrogens with zero attached hydrogens (tertiary/aromatic N) is 2. The molecule has 0 heterocycles. The van der Waals surface area contributed by atoms with Crippen molar-refractivity contribution in [1.29, 1.82) is 10.5 Å². The summed E-state index contributed by atoms with van der Waals surface area (Å²) in [6.07, 6.45) is 0.563. The number of ether oxygens (including phenoxy) is 1. The van der Waals surface area contributed by atoms with Crippen LogP contribution in [0.25, 0.3) is 0 Å². The Kier molecular flexibility index (Phi) is 5.21. The van der Waals surface area contributed by atoms with E-state index in [9.17, 15) is 5.26 Å². The first-order valence-electron chi connectivity index (χ1n) is 6.51. The lowest BCUT2D eigenvalue weighted by Crippen LogP contribution is -2.04. The van der Waals surface area contributed by atoms with Gasteiger partial charge in [0.2, 0.25) is 0 Å². The average molecular weight is 297 g/mol. The molecule has 0 N–H and O–H groups in total. The van der Waals surface area contributed by atoms with E-state index in [2.05, 4.69) is 12.1 Å². The summed E-state index contributed by atoms with van der Waals surface area (Å²) in [7, 11) is 0. The molecule has 21 heavy (non-hydrogen) atoms. The second-order valence-corrected chi connectivity index (χ2v) is 4.89. The van der Waals surface area contributed by atoms with Crippen LogP contribution in [0.5, 0.6) is 5.75 Å². The zero-order valence-electron chi connectivity index (χ0n) is 11.3. The van der Waals surface area contributed by atoms with Gasteiger partial charge in [0, 0.05) is 6.42 Å². The van der Waals surface area contributed by atoms with E-state index in [0.717, 1.165) is 5.56 Å². The summed E-state index contributed by atoms with van der Waals surface area (Å²) in [5.41, 5.74) is 1.47. The Balaban J connectivity index is 1.95. The van der Waals surface area contributed by atoms with Crippen molar-refractivity contribution in [3.8, 4) is 17.9 Å². The van der Waals surface area contributed by atoms with Crippen LogP contribution in [-0.4, -0.2) is 6.61 Å². The first-order valence-corrected chi connectivity index (χ1v) is 6.89. The summed E-state index contributed by atoms with van der Waals surface area (Å²) in [6, 6.07) is 18.6. The van der Waals surface area contributed by atoms with Crippen LogP contribution in [0.1, 0.15) is 23.5 Å². The number of halogens is 1. The Morgan fingerprint density at radius 2 is 1.76 bits per heavy atom. The molecule has 4 heteroatoms. The van der Waals surface area contributed by atoms with Crippen molar-refractivity contribution >= 4 is 11.6 Å². The van der Waals surface area contributed by atoms with Crippen molar-refractivity contribution in [2.24, 2.45) is 0 Å². The van der Waals surface area contributed by atoms with E-state index in [1.54, 1.807) is 24.3 Å². The molecule has 2 rings (SSSR count). The molecule has 0 amide bonds. The molecular weight excluding hydrogens is 284 g/mol. The van der Waals surface area contributed by atoms with Crippen LogP contribution in [0.4, 0.5) is 0 Å². The minimum atomic E-state index is -0.264. The van der Waals surface area contributed by atoms with Crippen molar-refractivity contribution in [1.82, 2.24) is 0 Å². The van der Waals surface area contributed by atoms with Crippen LogP contribution in [0.15, 0.2) is 48.5 Å². The summed E-state index contributed by atoms with van der Waals surface area (Å²) in [4.78, 5) is 0. The van der Waals surface area contributed by atoms with Gasteiger partial charge in [-0.2, -0.15) is 10.5 Å². The largest absolute Gasteiger partial charge is 0.492 e. The number of rotatable bonds is 5. The molecule has 0 saturated heterocycles. The highest BCUT2D eigenvalue weighted by Crippen LogP contribution is 2.25. The van der Waals surface area contributed by atoms with Crippen molar-refractivity contribution in [2.45, 2.75) is 12.3 Å². The molecule has 2 aromatic rings. The molecular formula is C17H13ClN2O. The third kappa shape index (κ3) is 3.99. The van der Waals surface area contributed by atoms with E-state index in [1.165, 1.54) is 0 Å². The second-order valence-electron chi connectivity index (χ2n) is 4.48. The Hall–Kier alpha value is -2.49. The van der Waals surface area contributed by atoms with Crippen molar-refractivity contribution in [3.05, 3.63) is 64.7 Å². The van der Waals surface area contributed by atoms with Gasteiger partial charge in [-0.25, -0.2) is 0 Å². The summed E-state index contributed by atoms with van der Waals surface area (Å²) >= 11 is 6.00. The SMILES string of the molecule is N#Cc1ccc(C(C#N)CCOc2ccccc2Cl)cc1. The van der Waals surface area contributed by atoms with Crippen LogP contribution in [0.2, 0.25) is 5.02 Å². The third-order valence-corrected chi connectivity index (χ3v) is 3.41. The molecule has 0 fully saturated rings. The lowest BCUT2D eigenvalue weighted by molar-refractivity contribution is 0.306. The number of benzene rings is 2. The van der Waals surface area contributed by atoms with E-state index < -0.39 is 0 Å². The summed E-state index contributed by atoms with van der Waals surface area (Å²) in [5, 5.41) is 18.6. The molecule has 104 valence electrons. The van der Waals surface area contributed by atoms with Gasteiger partial charge in [0.05, 0.1) is 35.2 Å². The van der Waals surface area contributed by atoms with Crippen molar-refractivity contribution in [2.75, 3.05) is 6.61 Å². The van der Waals surface area contributed by atoms with Gasteiger partial charge >= 0.3 is 0 Å². The first-order chi connectivity index (χ1) is 10.2. The molecule has 3 nitrogen and oxygen atoms in total. The second kappa shape index (κ2) is 7.33. The number of para-hydroxylation sites is 1. The van der Waals surface area contributed by atoms with E-state index >= 15 is 0 Å². The smallest absolute Gasteiger partial charge is 0.137 e. The number of hydrogen-bond donors (Lipinski definition) is 0. The molecule has 0 bridgehead atoms. The predicted molar refractivity (Wildman–Crippen MR) is 81.1 cm³/mol. The van der Waals surface area contributed by atoms with Gasteiger partial charge in [0.15, 0.2) is 0 Å². The Bertz CT molecular complexity index is 683. The lowest BCUT2D eigenvalue weighted by Gasteiger charge is -2.11. The maximum absolute atomic E-state index is 9.26. The van der Waals surface area contributed by atoms with E-state index in [0.29, 0.717) is 29.4 Å². The van der Waals surface area contributed by atoms with E-state index in [4.69, 9.17) is 21.6 Å². The van der Waals surface area contributed by atoms with Gasteiger partial charge in [-0.1, -0.05) is 35.9 Å². The first kappa shape index (κ1) is 14.9. The monoisotopic (exact) mass is 296 g/mol. The standard InChI is InChI=1S/C17H13ClN2O/c18-16-3-1-2-4-17(16)21-10-9-15(12-20)14-7-5-13(11-19)6-8-14/h1-8,15H,9-10H2. The summed E-state index contributed by atoms with van der Waals surface area (Å²) < 4.78 is 5.60. The fraction of sp³-hybridized carbons (Fsp3) is 0.176. The maximum Gasteiger partial charge on any atom is 0.137 e. The topological polar surface area (TPSA) is 56.8 Å². The van der Waals surface area contributed by atoms with E-state index in [1.807, 2.05) is 24.3 Å². The molecule has 1 atom stereocenters. The predicted octanol–water partition coefficient (Wildman–Crippen LogP) is 4.29. The van der Waals surface area contributed by atoms with Gasteiger partial charge in [-0.3, -0.25) is 0 Å². The molecule has 0 aliphatic rings. The molecule has 2 aromatic carbocycles. The fourth-order valence-electron chi connectivity index (χ4n) is 1.94. The molecule has 0 aromatic heterocycles. The van der Waals surface area contributed by atoms with E-state index in [-0.39, 0.29) is 5.92 Å². The minimum absolute atomic E-state index is 0.264. The van der Waals surface area contributed by atoms with Crippen LogP contribution in [-0.2, 0) is 0 Å². The number of nitriles is 2. The summed E-state index contributed by atoms with van der Waals surface area (Å²) in [6.45, 7) is 0.405. The highest BCUT2D eigenvalue weighted by molar-refractivity contribution is 6.32. The van der Waals surface area contributed by atoms with Crippen molar-refractivity contribution < 1.29 is 4.74 Å². The Morgan fingerprint density at radius 3 is 2.38 bits per heavy atom. The van der Waals surface area contributed by atoms with Crippen LogP contribution in [0.3, 0.4) is 0 Å². The number of hydrogen-bond acceptors (Lipinski definition) is 3.